The highest BCUT2D eigenvalue weighted by molar-refractivity contribution is 8.26. The van der Waals surface area contributed by atoms with Gasteiger partial charge in [-0.2, -0.15) is 5.10 Å². The molecule has 6 nitrogen and oxygen atoms in total. The van der Waals surface area contributed by atoms with E-state index in [4.69, 9.17) is 26.8 Å². The maximum atomic E-state index is 13.2. The number of carbonyl (C=O) groups excluding carboxylic acids is 1. The van der Waals surface area contributed by atoms with Crippen LogP contribution in [0, 0.1) is 0 Å². The van der Waals surface area contributed by atoms with Crippen LogP contribution in [-0.4, -0.2) is 45.2 Å². The third-order valence-corrected chi connectivity index (χ3v) is 7.39. The lowest BCUT2D eigenvalue weighted by atomic mass is 10.1. The van der Waals surface area contributed by atoms with Crippen molar-refractivity contribution in [3.05, 3.63) is 107 Å². The number of carbonyl (C=O) groups is 1. The van der Waals surface area contributed by atoms with E-state index in [-0.39, 0.29) is 5.91 Å². The summed E-state index contributed by atoms with van der Waals surface area (Å²) in [5, 5.41) is 4.91. The second kappa shape index (κ2) is 12.2. The van der Waals surface area contributed by atoms with Crippen molar-refractivity contribution >= 4 is 40.3 Å². The molecule has 1 aliphatic rings. The number of benzene rings is 3. The van der Waals surface area contributed by atoms with Crippen molar-refractivity contribution in [2.24, 2.45) is 0 Å². The van der Waals surface area contributed by atoms with E-state index in [2.05, 4.69) is 0 Å². The molecule has 1 aliphatic heterocycles. The van der Waals surface area contributed by atoms with Gasteiger partial charge in [0.05, 0.1) is 10.6 Å². The average Bonchev–Trinajstić information content (AvgIpc) is 3.49. The molecule has 0 radical (unpaired) electrons. The van der Waals surface area contributed by atoms with Crippen LogP contribution < -0.4 is 4.74 Å². The minimum atomic E-state index is -0.0885. The third kappa shape index (κ3) is 6.05. The Morgan fingerprint density at radius 1 is 1.00 bits per heavy atom. The van der Waals surface area contributed by atoms with Gasteiger partial charge >= 0.3 is 0 Å². The zero-order valence-corrected chi connectivity index (χ0v) is 22.6. The number of ether oxygens (including phenoxy) is 2. The first kappa shape index (κ1) is 25.9. The number of thioether (sulfide) groups is 1. The molecule has 0 saturated carbocycles. The molecule has 1 aromatic heterocycles. The van der Waals surface area contributed by atoms with Crippen LogP contribution in [0.3, 0.4) is 0 Å². The molecule has 1 fully saturated rings. The summed E-state index contributed by atoms with van der Waals surface area (Å²) >= 11 is 6.82. The third-order valence-electron chi connectivity index (χ3n) is 6.01. The Labute approximate surface area is 231 Å². The van der Waals surface area contributed by atoms with E-state index in [1.807, 2.05) is 102 Å². The van der Waals surface area contributed by atoms with E-state index in [9.17, 15) is 4.79 Å². The molecule has 38 heavy (non-hydrogen) atoms. The van der Waals surface area contributed by atoms with Crippen molar-refractivity contribution in [1.82, 2.24) is 14.7 Å². The molecule has 192 valence electrons. The quantitative estimate of drug-likeness (QED) is 0.132. The highest BCUT2D eigenvalue weighted by Crippen LogP contribution is 2.35. The van der Waals surface area contributed by atoms with Crippen LogP contribution in [0.25, 0.3) is 23.0 Å². The Morgan fingerprint density at radius 3 is 2.53 bits per heavy atom. The first-order valence-corrected chi connectivity index (χ1v) is 13.5. The Balaban J connectivity index is 1.47. The van der Waals surface area contributed by atoms with E-state index >= 15 is 0 Å². The number of hydrogen-bond donors (Lipinski definition) is 0. The van der Waals surface area contributed by atoms with E-state index < -0.39 is 0 Å². The lowest BCUT2D eigenvalue weighted by Crippen LogP contribution is -2.29. The summed E-state index contributed by atoms with van der Waals surface area (Å²) in [6.07, 6.45) is 4.55. The van der Waals surface area contributed by atoms with Crippen LogP contribution in [0.5, 0.6) is 5.75 Å². The molecule has 0 N–H and O–H groups in total. The first-order chi connectivity index (χ1) is 18.6. The van der Waals surface area contributed by atoms with Crippen molar-refractivity contribution in [1.29, 1.82) is 0 Å². The summed E-state index contributed by atoms with van der Waals surface area (Å²) in [6.45, 7) is 1.58. The largest absolute Gasteiger partial charge is 0.489 e. The summed E-state index contributed by atoms with van der Waals surface area (Å²) in [5.74, 6) is 0.658. The normalized spacial score (nSPS) is 14.4. The summed E-state index contributed by atoms with van der Waals surface area (Å²) < 4.78 is 13.6. The number of amides is 1. The van der Waals surface area contributed by atoms with Crippen molar-refractivity contribution in [2.45, 2.75) is 13.0 Å². The molecule has 0 bridgehead atoms. The SMILES string of the molecule is COCCCN1C(=O)/C(=C/c2cn(-c3ccccc3)nc2-c2cccc(OCc3ccccc3)c2)SC1=S. The van der Waals surface area contributed by atoms with Gasteiger partial charge in [-0.25, -0.2) is 4.68 Å². The zero-order valence-electron chi connectivity index (χ0n) is 20.9. The molecule has 2 heterocycles. The molecule has 4 aromatic rings. The molecule has 5 rings (SSSR count). The van der Waals surface area contributed by atoms with Gasteiger partial charge in [-0.3, -0.25) is 9.69 Å². The number of para-hydroxylation sites is 1. The molecular weight excluding hydrogens is 514 g/mol. The average molecular weight is 542 g/mol. The number of hydrogen-bond acceptors (Lipinski definition) is 6. The number of methoxy groups -OCH3 is 1. The van der Waals surface area contributed by atoms with Crippen LogP contribution in [0.15, 0.2) is 96.0 Å². The second-order valence-electron chi connectivity index (χ2n) is 8.69. The number of nitrogens with zero attached hydrogens (tertiary/aromatic N) is 3. The maximum absolute atomic E-state index is 13.2. The molecule has 8 heteroatoms. The lowest BCUT2D eigenvalue weighted by Gasteiger charge is -2.13. The fourth-order valence-electron chi connectivity index (χ4n) is 4.11. The summed E-state index contributed by atoms with van der Waals surface area (Å²) in [6, 6.07) is 27.8. The van der Waals surface area contributed by atoms with Crippen LogP contribution in [0.4, 0.5) is 0 Å². The fourth-order valence-corrected chi connectivity index (χ4v) is 5.40. The highest BCUT2D eigenvalue weighted by Gasteiger charge is 2.32. The van der Waals surface area contributed by atoms with Gasteiger partial charge in [-0.05, 0) is 42.3 Å². The molecule has 0 atom stereocenters. The van der Waals surface area contributed by atoms with Gasteiger partial charge < -0.3 is 9.47 Å². The van der Waals surface area contributed by atoms with Gasteiger partial charge in [0, 0.05) is 37.6 Å². The van der Waals surface area contributed by atoms with E-state index in [0.717, 1.165) is 40.2 Å². The maximum Gasteiger partial charge on any atom is 0.266 e. The Hall–Kier alpha value is -3.72. The van der Waals surface area contributed by atoms with Gasteiger partial charge in [0.25, 0.3) is 5.91 Å². The van der Waals surface area contributed by atoms with Gasteiger partial charge in [0.15, 0.2) is 0 Å². The van der Waals surface area contributed by atoms with Crippen LogP contribution >= 0.6 is 24.0 Å². The monoisotopic (exact) mass is 541 g/mol. The Kier molecular flexibility index (Phi) is 8.33. The Morgan fingerprint density at radius 2 is 1.76 bits per heavy atom. The molecular formula is C30H27N3O3S2. The predicted molar refractivity (Wildman–Crippen MR) is 156 cm³/mol. The van der Waals surface area contributed by atoms with Gasteiger partial charge in [-0.15, -0.1) is 0 Å². The van der Waals surface area contributed by atoms with Crippen LogP contribution in [0.1, 0.15) is 17.5 Å². The zero-order chi connectivity index (χ0) is 26.3. The van der Waals surface area contributed by atoms with E-state index in [0.29, 0.717) is 29.0 Å². The van der Waals surface area contributed by atoms with E-state index in [1.54, 1.807) is 12.0 Å². The summed E-state index contributed by atoms with van der Waals surface area (Å²) in [5.41, 5.74) is 4.50. The second-order valence-corrected chi connectivity index (χ2v) is 10.4. The summed E-state index contributed by atoms with van der Waals surface area (Å²) in [7, 11) is 1.65. The molecule has 0 spiro atoms. The topological polar surface area (TPSA) is 56.6 Å². The van der Waals surface area contributed by atoms with Gasteiger partial charge in [0.1, 0.15) is 22.4 Å². The summed E-state index contributed by atoms with van der Waals surface area (Å²) in [4.78, 5) is 15.4. The van der Waals surface area contributed by atoms with Crippen molar-refractivity contribution in [3.8, 4) is 22.7 Å². The minimum absolute atomic E-state index is 0.0885. The molecule has 0 aliphatic carbocycles. The van der Waals surface area contributed by atoms with Crippen LogP contribution in [0.2, 0.25) is 0 Å². The van der Waals surface area contributed by atoms with Crippen molar-refractivity contribution in [3.63, 3.8) is 0 Å². The van der Waals surface area contributed by atoms with Crippen molar-refractivity contribution in [2.75, 3.05) is 20.3 Å². The minimum Gasteiger partial charge on any atom is -0.489 e. The fraction of sp³-hybridized carbons (Fsp3) is 0.167. The predicted octanol–water partition coefficient (Wildman–Crippen LogP) is 6.36. The number of aromatic nitrogens is 2. The number of rotatable bonds is 10. The smallest absolute Gasteiger partial charge is 0.266 e. The highest BCUT2D eigenvalue weighted by atomic mass is 32.2. The van der Waals surface area contributed by atoms with Crippen LogP contribution in [-0.2, 0) is 16.1 Å². The molecule has 1 amide bonds. The standard InChI is InChI=1S/C30H27N3O3S2/c1-35-17-9-16-32-29(34)27(38-30(32)37)19-24-20-33(25-13-6-3-7-14-25)31-28(24)23-12-8-15-26(18-23)36-21-22-10-4-2-5-11-22/h2-8,10-15,18-20H,9,16-17,21H2,1H3/b27-19-. The van der Waals surface area contributed by atoms with Gasteiger partial charge in [-0.1, -0.05) is 84.6 Å². The molecule has 1 saturated heterocycles. The first-order valence-electron chi connectivity index (χ1n) is 12.3. The molecule has 3 aromatic carbocycles. The van der Waals surface area contributed by atoms with Gasteiger partial charge in [0.2, 0.25) is 0 Å². The molecule has 0 unspecified atom stereocenters. The number of thiocarbonyl (C=S) groups is 1. The van der Waals surface area contributed by atoms with Crippen molar-refractivity contribution < 1.29 is 14.3 Å². The lowest BCUT2D eigenvalue weighted by molar-refractivity contribution is -0.122. The van der Waals surface area contributed by atoms with E-state index in [1.165, 1.54) is 11.8 Å². The Bertz CT molecular complexity index is 1450.